The minimum absolute atomic E-state index is 0.0184. The fraction of sp³-hybridized carbons (Fsp3) is 0.300. The van der Waals surface area contributed by atoms with Gasteiger partial charge in [0.25, 0.3) is 0 Å². The molecule has 138 valence electrons. The van der Waals surface area contributed by atoms with Gasteiger partial charge >= 0.3 is 12.2 Å². The maximum atomic E-state index is 11.8. The second-order valence-electron chi connectivity index (χ2n) is 5.65. The number of carbonyl (C=O) groups is 2. The van der Waals surface area contributed by atoms with Gasteiger partial charge in [-0.3, -0.25) is 0 Å². The molecule has 0 aliphatic rings. The average molecular weight is 357 g/mol. The summed E-state index contributed by atoms with van der Waals surface area (Å²) in [6.07, 6.45) is -0.736. The second kappa shape index (κ2) is 10.8. The molecule has 1 amide bonds. The van der Waals surface area contributed by atoms with E-state index < -0.39 is 12.2 Å². The zero-order valence-corrected chi connectivity index (χ0v) is 14.7. The van der Waals surface area contributed by atoms with Crippen LogP contribution in [0.3, 0.4) is 0 Å². The van der Waals surface area contributed by atoms with Gasteiger partial charge in [-0.15, -0.1) is 0 Å². The molecule has 2 aromatic rings. The summed E-state index contributed by atoms with van der Waals surface area (Å²) >= 11 is 0. The van der Waals surface area contributed by atoms with Gasteiger partial charge in [-0.2, -0.15) is 0 Å². The predicted octanol–water partition coefficient (Wildman–Crippen LogP) is 4.04. The number of alkyl carbamates (subject to hydrolysis) is 1. The number of amides is 1. The second-order valence-corrected chi connectivity index (χ2v) is 5.65. The summed E-state index contributed by atoms with van der Waals surface area (Å²) in [6.45, 7) is 2.22. The molecule has 6 heteroatoms. The van der Waals surface area contributed by atoms with E-state index in [2.05, 4.69) is 5.32 Å². The minimum Gasteiger partial charge on any atom is -0.445 e. The Bertz CT molecular complexity index is 675. The van der Waals surface area contributed by atoms with Crippen LogP contribution in [-0.2, 0) is 27.4 Å². The van der Waals surface area contributed by atoms with Crippen LogP contribution in [0.25, 0.3) is 0 Å². The van der Waals surface area contributed by atoms with Gasteiger partial charge < -0.3 is 19.5 Å². The number of ether oxygens (including phenoxy) is 3. The van der Waals surface area contributed by atoms with Crippen molar-refractivity contribution in [1.29, 1.82) is 0 Å². The van der Waals surface area contributed by atoms with E-state index in [-0.39, 0.29) is 25.9 Å². The van der Waals surface area contributed by atoms with Gasteiger partial charge in [-0.25, -0.2) is 9.59 Å². The number of hydrogen-bond donors (Lipinski definition) is 1. The van der Waals surface area contributed by atoms with E-state index in [4.69, 9.17) is 14.2 Å². The molecule has 0 radical (unpaired) electrons. The van der Waals surface area contributed by atoms with Crippen molar-refractivity contribution >= 4 is 12.2 Å². The highest BCUT2D eigenvalue weighted by Crippen LogP contribution is 2.04. The average Bonchev–Trinajstić information content (AvgIpc) is 2.69. The number of nitrogens with one attached hydrogen (secondary N) is 1. The predicted molar refractivity (Wildman–Crippen MR) is 96.4 cm³/mol. The zero-order chi connectivity index (χ0) is 18.6. The van der Waals surface area contributed by atoms with E-state index in [9.17, 15) is 9.59 Å². The molecule has 0 saturated heterocycles. The van der Waals surface area contributed by atoms with E-state index in [1.165, 1.54) is 0 Å². The molecule has 0 heterocycles. The summed E-state index contributed by atoms with van der Waals surface area (Å²) in [6, 6.07) is 18.4. The van der Waals surface area contributed by atoms with Crippen molar-refractivity contribution in [3.63, 3.8) is 0 Å². The maximum absolute atomic E-state index is 11.8. The summed E-state index contributed by atoms with van der Waals surface area (Å²) in [7, 11) is 0. The first-order valence-corrected chi connectivity index (χ1v) is 8.48. The third-order valence-corrected chi connectivity index (χ3v) is 3.63. The summed E-state index contributed by atoms with van der Waals surface area (Å²) in [5.41, 5.74) is 1.77. The van der Waals surface area contributed by atoms with E-state index in [0.29, 0.717) is 6.42 Å². The van der Waals surface area contributed by atoms with Crippen LogP contribution in [0.1, 0.15) is 24.5 Å². The van der Waals surface area contributed by atoms with Crippen LogP contribution >= 0.6 is 0 Å². The quantitative estimate of drug-likeness (QED) is 0.722. The first-order valence-electron chi connectivity index (χ1n) is 8.48. The zero-order valence-electron chi connectivity index (χ0n) is 14.7. The third kappa shape index (κ3) is 7.25. The highest BCUT2D eigenvalue weighted by Gasteiger charge is 2.14. The van der Waals surface area contributed by atoms with Crippen molar-refractivity contribution in [1.82, 2.24) is 5.32 Å². The van der Waals surface area contributed by atoms with Crippen molar-refractivity contribution in [3.05, 3.63) is 71.8 Å². The molecule has 2 rings (SSSR count). The Morgan fingerprint density at radius 3 is 1.92 bits per heavy atom. The molecule has 6 nitrogen and oxygen atoms in total. The van der Waals surface area contributed by atoms with Gasteiger partial charge in [0.05, 0.1) is 6.04 Å². The van der Waals surface area contributed by atoms with E-state index in [1.54, 1.807) is 0 Å². The van der Waals surface area contributed by atoms with Gasteiger partial charge in [0, 0.05) is 0 Å². The van der Waals surface area contributed by atoms with E-state index in [1.807, 2.05) is 67.6 Å². The SMILES string of the molecule is CC[C@H](COC(=O)OCc1ccccc1)NC(=O)OCc1ccccc1. The van der Waals surface area contributed by atoms with Crippen molar-refractivity contribution in [2.75, 3.05) is 6.61 Å². The van der Waals surface area contributed by atoms with E-state index in [0.717, 1.165) is 11.1 Å². The van der Waals surface area contributed by atoms with Gasteiger partial charge in [0.15, 0.2) is 0 Å². The number of carbonyl (C=O) groups excluding carboxylic acids is 2. The molecule has 2 aromatic carbocycles. The lowest BCUT2D eigenvalue weighted by Gasteiger charge is -2.16. The van der Waals surface area contributed by atoms with E-state index >= 15 is 0 Å². The molecule has 0 bridgehead atoms. The van der Waals surface area contributed by atoms with Crippen LogP contribution in [0.15, 0.2) is 60.7 Å². The Balaban J connectivity index is 1.66. The van der Waals surface area contributed by atoms with Crippen molar-refractivity contribution < 1.29 is 23.8 Å². The lowest BCUT2D eigenvalue weighted by Crippen LogP contribution is -2.38. The molecule has 0 unspecified atom stereocenters. The third-order valence-electron chi connectivity index (χ3n) is 3.63. The van der Waals surface area contributed by atoms with Crippen LogP contribution < -0.4 is 5.32 Å². The Morgan fingerprint density at radius 2 is 1.38 bits per heavy atom. The monoisotopic (exact) mass is 357 g/mol. The first-order chi connectivity index (χ1) is 12.7. The Hall–Kier alpha value is -3.02. The normalized spacial score (nSPS) is 11.3. The molecule has 26 heavy (non-hydrogen) atoms. The van der Waals surface area contributed by atoms with Crippen LogP contribution in [0.4, 0.5) is 9.59 Å². The minimum atomic E-state index is -0.772. The van der Waals surface area contributed by atoms with Crippen LogP contribution in [0.2, 0.25) is 0 Å². The fourth-order valence-electron chi connectivity index (χ4n) is 2.12. The van der Waals surface area contributed by atoms with Gasteiger partial charge in [0.2, 0.25) is 0 Å². The summed E-state index contributed by atoms with van der Waals surface area (Å²) < 4.78 is 15.2. The van der Waals surface area contributed by atoms with Gasteiger partial charge in [-0.05, 0) is 17.5 Å². The molecule has 0 aliphatic heterocycles. The Labute approximate surface area is 153 Å². The molecule has 0 spiro atoms. The summed E-state index contributed by atoms with van der Waals surface area (Å²) in [5, 5.41) is 2.67. The standard InChI is InChI=1S/C20H23NO5/c1-2-18(21-19(22)24-13-16-9-5-3-6-10-16)15-26-20(23)25-14-17-11-7-4-8-12-17/h3-12,18H,2,13-15H2,1H3,(H,21,22)/t18-/m1/s1. The van der Waals surface area contributed by atoms with Crippen molar-refractivity contribution in [3.8, 4) is 0 Å². The Kier molecular flexibility index (Phi) is 7.99. The highest BCUT2D eigenvalue weighted by atomic mass is 16.7. The Morgan fingerprint density at radius 1 is 0.846 bits per heavy atom. The molecule has 0 aromatic heterocycles. The van der Waals surface area contributed by atoms with Crippen molar-refractivity contribution in [2.45, 2.75) is 32.6 Å². The fourth-order valence-corrected chi connectivity index (χ4v) is 2.12. The summed E-state index contributed by atoms with van der Waals surface area (Å²) in [5.74, 6) is 0. The molecular formula is C20H23NO5. The van der Waals surface area contributed by atoms with Crippen LogP contribution in [-0.4, -0.2) is 24.9 Å². The lowest BCUT2D eigenvalue weighted by atomic mass is 10.2. The van der Waals surface area contributed by atoms with Crippen LogP contribution in [0, 0.1) is 0 Å². The molecule has 0 fully saturated rings. The molecular weight excluding hydrogens is 334 g/mol. The first kappa shape index (κ1) is 19.3. The topological polar surface area (TPSA) is 73.9 Å². The maximum Gasteiger partial charge on any atom is 0.508 e. The van der Waals surface area contributed by atoms with Gasteiger partial charge in [0.1, 0.15) is 19.8 Å². The van der Waals surface area contributed by atoms with Gasteiger partial charge in [-0.1, -0.05) is 67.6 Å². The lowest BCUT2D eigenvalue weighted by molar-refractivity contribution is 0.0420. The van der Waals surface area contributed by atoms with Crippen LogP contribution in [0.5, 0.6) is 0 Å². The number of hydrogen-bond acceptors (Lipinski definition) is 5. The molecule has 0 saturated carbocycles. The largest absolute Gasteiger partial charge is 0.508 e. The summed E-state index contributed by atoms with van der Waals surface area (Å²) in [4.78, 5) is 23.5. The molecule has 1 N–H and O–H groups in total. The van der Waals surface area contributed by atoms with Crippen molar-refractivity contribution in [2.24, 2.45) is 0 Å². The number of benzene rings is 2. The highest BCUT2D eigenvalue weighted by molar-refractivity contribution is 5.67. The molecule has 1 atom stereocenters. The smallest absolute Gasteiger partial charge is 0.445 e. The number of rotatable bonds is 8. The molecule has 0 aliphatic carbocycles.